The molecule has 0 aliphatic heterocycles. The number of rotatable bonds is 9. The fourth-order valence-corrected chi connectivity index (χ4v) is 4.05. The van der Waals surface area contributed by atoms with Gasteiger partial charge in [0.1, 0.15) is 11.4 Å². The second-order valence-corrected chi connectivity index (χ2v) is 11.2. The molecule has 0 aliphatic rings. The smallest absolute Gasteiger partial charge is 0.407 e. The Hall–Kier alpha value is -3.25. The lowest BCUT2D eigenvalue weighted by Crippen LogP contribution is -2.32. The highest BCUT2D eigenvalue weighted by Crippen LogP contribution is 2.22. The molecule has 35 heavy (non-hydrogen) atoms. The molecule has 0 aliphatic carbocycles. The van der Waals surface area contributed by atoms with Crippen molar-refractivity contribution in [1.29, 1.82) is 0 Å². The first-order chi connectivity index (χ1) is 16.1. The Labute approximate surface area is 204 Å². The predicted molar refractivity (Wildman–Crippen MR) is 127 cm³/mol. The minimum absolute atomic E-state index is 0.115. The Morgan fingerprint density at radius 3 is 2.34 bits per heavy atom. The zero-order chi connectivity index (χ0) is 26.6. The first kappa shape index (κ1) is 28.0. The van der Waals surface area contributed by atoms with Crippen molar-refractivity contribution in [1.82, 2.24) is 19.4 Å². The van der Waals surface area contributed by atoms with E-state index in [1.54, 1.807) is 39.8 Å². The highest BCUT2D eigenvalue weighted by molar-refractivity contribution is 7.89. The average Bonchev–Trinajstić information content (AvgIpc) is 3.01. The molecule has 0 unspecified atom stereocenters. The quantitative estimate of drug-likeness (QED) is 0.530. The molecule has 0 bridgehead atoms. The van der Waals surface area contributed by atoms with Crippen LogP contribution in [0.15, 0.2) is 41.1 Å². The van der Waals surface area contributed by atoms with Crippen LogP contribution in [0.25, 0.3) is 0 Å². The number of aromatic nitrogens is 2. The number of nitrogens with zero attached hydrogens (tertiary/aromatic N) is 3. The number of nitrogens with one attached hydrogen (secondary N) is 1. The van der Waals surface area contributed by atoms with Crippen molar-refractivity contribution >= 4 is 22.1 Å². The van der Waals surface area contributed by atoms with Gasteiger partial charge in [-0.15, -0.1) is 0 Å². The Balaban J connectivity index is 2.19. The number of allylic oxidation sites excluding steroid dienone is 1. The van der Waals surface area contributed by atoms with Crippen LogP contribution in [0.2, 0.25) is 0 Å². The molecule has 10 nitrogen and oxygen atoms in total. The van der Waals surface area contributed by atoms with Crippen LogP contribution in [0, 0.1) is 6.92 Å². The van der Waals surface area contributed by atoms with Gasteiger partial charge in [-0.25, -0.2) is 26.7 Å². The van der Waals surface area contributed by atoms with Crippen molar-refractivity contribution in [3.05, 3.63) is 58.7 Å². The number of carboxylic acid groups (broad SMARTS) is 1. The third-order valence-corrected chi connectivity index (χ3v) is 6.64. The summed E-state index contributed by atoms with van der Waals surface area (Å²) in [6.07, 6.45) is 0.576. The standard InChI is InChI=1S/C23H31FN4O6S/c1-15-19(13-16-7-9-18(10-8-16)35(32,33)27(5)6)20(21(29)30)28(26-15)14-17(24)11-12-25-22(31)34-23(2,3)4/h7-11H,12-14H2,1-6H3,(H,25,31)(H,29,30). The molecule has 1 heterocycles. The molecule has 1 aromatic carbocycles. The molecule has 192 valence electrons. The highest BCUT2D eigenvalue weighted by atomic mass is 32.2. The Kier molecular flexibility index (Phi) is 8.79. The van der Waals surface area contributed by atoms with Crippen molar-refractivity contribution in [2.45, 2.75) is 51.2 Å². The topological polar surface area (TPSA) is 131 Å². The first-order valence-corrected chi connectivity index (χ1v) is 12.2. The van der Waals surface area contributed by atoms with Crippen LogP contribution < -0.4 is 5.32 Å². The van der Waals surface area contributed by atoms with E-state index < -0.39 is 40.1 Å². The van der Waals surface area contributed by atoms with Crippen LogP contribution in [-0.2, 0) is 27.7 Å². The van der Waals surface area contributed by atoms with Crippen molar-refractivity contribution in [3.63, 3.8) is 0 Å². The second kappa shape index (κ2) is 11.0. The number of hydrogen-bond donors (Lipinski definition) is 2. The molecule has 2 N–H and O–H groups in total. The summed E-state index contributed by atoms with van der Waals surface area (Å²) in [4.78, 5) is 23.7. The van der Waals surface area contributed by atoms with Gasteiger partial charge in [0.05, 0.1) is 17.1 Å². The lowest BCUT2D eigenvalue weighted by molar-refractivity contribution is 0.0533. The predicted octanol–water partition coefficient (Wildman–Crippen LogP) is 3.11. The summed E-state index contributed by atoms with van der Waals surface area (Å²) >= 11 is 0. The molecule has 0 fully saturated rings. The SMILES string of the molecule is Cc1nn(CC(F)=CCNC(=O)OC(C)(C)C)c(C(=O)O)c1Cc1ccc(S(=O)(=O)N(C)C)cc1. The summed E-state index contributed by atoms with van der Waals surface area (Å²) in [5.74, 6) is -1.96. The Morgan fingerprint density at radius 2 is 1.83 bits per heavy atom. The number of halogens is 1. The maximum atomic E-state index is 14.5. The molecular weight excluding hydrogens is 479 g/mol. The molecule has 2 aromatic rings. The zero-order valence-corrected chi connectivity index (χ0v) is 21.4. The van der Waals surface area contributed by atoms with E-state index in [1.807, 2.05) is 0 Å². The van der Waals surface area contributed by atoms with Crippen LogP contribution >= 0.6 is 0 Å². The van der Waals surface area contributed by atoms with Gasteiger partial charge in [0.15, 0.2) is 5.69 Å². The van der Waals surface area contributed by atoms with E-state index >= 15 is 0 Å². The highest BCUT2D eigenvalue weighted by Gasteiger charge is 2.23. The van der Waals surface area contributed by atoms with Crippen LogP contribution in [0.1, 0.15) is 48.1 Å². The number of benzene rings is 1. The minimum Gasteiger partial charge on any atom is -0.477 e. The van der Waals surface area contributed by atoms with Crippen molar-refractivity contribution in [2.24, 2.45) is 0 Å². The van der Waals surface area contributed by atoms with E-state index in [4.69, 9.17) is 4.74 Å². The second-order valence-electron chi connectivity index (χ2n) is 9.02. The average molecular weight is 511 g/mol. The number of carbonyl (C=O) groups is 2. The zero-order valence-electron chi connectivity index (χ0n) is 20.6. The molecule has 0 spiro atoms. The van der Waals surface area contributed by atoms with Crippen LogP contribution in [0.5, 0.6) is 0 Å². The summed E-state index contributed by atoms with van der Waals surface area (Å²) in [5.41, 5.74) is 0.612. The van der Waals surface area contributed by atoms with Crippen molar-refractivity contribution in [3.8, 4) is 0 Å². The van der Waals surface area contributed by atoms with E-state index in [0.29, 0.717) is 16.8 Å². The van der Waals surface area contributed by atoms with Gasteiger partial charge in [0, 0.05) is 32.6 Å². The van der Waals surface area contributed by atoms with Gasteiger partial charge in [0.25, 0.3) is 0 Å². The lowest BCUT2D eigenvalue weighted by atomic mass is 10.0. The van der Waals surface area contributed by atoms with Crippen molar-refractivity contribution < 1.29 is 32.2 Å². The summed E-state index contributed by atoms with van der Waals surface area (Å²) in [6.45, 7) is 6.15. The van der Waals surface area contributed by atoms with E-state index in [0.717, 1.165) is 15.1 Å². The van der Waals surface area contributed by atoms with E-state index in [9.17, 15) is 27.5 Å². The maximum Gasteiger partial charge on any atom is 0.407 e. The number of aromatic carboxylic acids is 1. The van der Waals surface area contributed by atoms with Gasteiger partial charge in [-0.05, 0) is 51.5 Å². The van der Waals surface area contributed by atoms with Crippen LogP contribution in [0.4, 0.5) is 9.18 Å². The van der Waals surface area contributed by atoms with E-state index in [1.165, 1.54) is 26.2 Å². The fourth-order valence-electron chi connectivity index (χ4n) is 3.15. The Morgan fingerprint density at radius 1 is 1.23 bits per heavy atom. The number of carbonyl (C=O) groups excluding carboxylic acids is 1. The molecule has 1 aromatic heterocycles. The van der Waals surface area contributed by atoms with Crippen LogP contribution in [0.3, 0.4) is 0 Å². The third kappa shape index (κ3) is 7.62. The minimum atomic E-state index is -3.59. The number of sulfonamides is 1. The number of aryl methyl sites for hydroxylation is 1. The van der Waals surface area contributed by atoms with Crippen molar-refractivity contribution in [2.75, 3.05) is 20.6 Å². The fraction of sp³-hybridized carbons (Fsp3) is 0.435. The lowest BCUT2D eigenvalue weighted by Gasteiger charge is -2.19. The summed E-state index contributed by atoms with van der Waals surface area (Å²) in [6, 6.07) is 6.10. The van der Waals surface area contributed by atoms with Gasteiger partial charge in [-0.1, -0.05) is 12.1 Å². The largest absolute Gasteiger partial charge is 0.477 e. The van der Waals surface area contributed by atoms with Gasteiger partial charge in [-0.2, -0.15) is 5.10 Å². The number of hydrogen-bond acceptors (Lipinski definition) is 6. The van der Waals surface area contributed by atoms with E-state index in [-0.39, 0.29) is 23.6 Å². The maximum absolute atomic E-state index is 14.5. The van der Waals surface area contributed by atoms with Gasteiger partial charge in [0.2, 0.25) is 10.0 Å². The molecule has 2 rings (SSSR count). The third-order valence-electron chi connectivity index (χ3n) is 4.81. The molecule has 0 atom stereocenters. The normalized spacial score (nSPS) is 12.6. The summed E-state index contributed by atoms with van der Waals surface area (Å²) < 4.78 is 46.2. The number of carboxylic acids is 1. The summed E-state index contributed by atoms with van der Waals surface area (Å²) in [5, 5.41) is 16.3. The Bertz CT molecular complexity index is 1210. The van der Waals surface area contributed by atoms with Gasteiger partial charge >= 0.3 is 12.1 Å². The number of ether oxygens (including phenoxy) is 1. The molecular formula is C23H31FN4O6S. The van der Waals surface area contributed by atoms with Gasteiger partial charge < -0.3 is 15.2 Å². The molecule has 12 heteroatoms. The van der Waals surface area contributed by atoms with Crippen LogP contribution in [-0.4, -0.2) is 65.9 Å². The molecule has 0 saturated heterocycles. The monoisotopic (exact) mass is 510 g/mol. The van der Waals surface area contributed by atoms with Gasteiger partial charge in [-0.3, -0.25) is 4.68 Å². The summed E-state index contributed by atoms with van der Waals surface area (Å²) in [7, 11) is -0.723. The number of amides is 1. The molecule has 0 radical (unpaired) electrons. The molecule has 0 saturated carbocycles. The number of alkyl carbamates (subject to hydrolysis) is 1. The molecule has 1 amide bonds. The van der Waals surface area contributed by atoms with E-state index in [2.05, 4.69) is 10.4 Å². The first-order valence-electron chi connectivity index (χ1n) is 10.7.